The largest absolute Gasteiger partial charge is 0.399 e. The van der Waals surface area contributed by atoms with Gasteiger partial charge in [0.05, 0.1) is 0 Å². The molecular formula is C15H11FN2O. The van der Waals surface area contributed by atoms with E-state index in [9.17, 15) is 9.18 Å². The van der Waals surface area contributed by atoms with Gasteiger partial charge in [-0.2, -0.15) is 0 Å². The molecule has 0 aliphatic rings. The highest BCUT2D eigenvalue weighted by Gasteiger charge is 2.14. The summed E-state index contributed by atoms with van der Waals surface area (Å²) in [5.41, 5.74) is 7.91. The number of nitrogens with one attached hydrogen (secondary N) is 1. The zero-order valence-corrected chi connectivity index (χ0v) is 9.98. The van der Waals surface area contributed by atoms with E-state index in [4.69, 9.17) is 5.73 Å². The van der Waals surface area contributed by atoms with E-state index in [1.807, 2.05) is 0 Å². The van der Waals surface area contributed by atoms with Crippen LogP contribution in [0.3, 0.4) is 0 Å². The summed E-state index contributed by atoms with van der Waals surface area (Å²) in [6, 6.07) is 11.0. The smallest absolute Gasteiger partial charge is 0.195 e. The lowest BCUT2D eigenvalue weighted by atomic mass is 10.0. The number of H-pyrrole nitrogens is 1. The first-order valence-corrected chi connectivity index (χ1v) is 5.82. The average Bonchev–Trinajstić information content (AvgIpc) is 2.81. The normalized spacial score (nSPS) is 10.8. The maximum absolute atomic E-state index is 13.3. The van der Waals surface area contributed by atoms with Crippen LogP contribution >= 0.6 is 0 Å². The molecule has 0 atom stereocenters. The number of ketones is 1. The topological polar surface area (TPSA) is 58.9 Å². The fraction of sp³-hybridized carbons (Fsp3) is 0. The Bertz CT molecular complexity index is 759. The number of hydrogen-bond donors (Lipinski definition) is 2. The maximum Gasteiger partial charge on any atom is 0.195 e. The molecule has 0 unspecified atom stereocenters. The lowest BCUT2D eigenvalue weighted by Gasteiger charge is -2.00. The monoisotopic (exact) mass is 254 g/mol. The van der Waals surface area contributed by atoms with E-state index in [1.54, 1.807) is 36.5 Å². The fourth-order valence-corrected chi connectivity index (χ4v) is 2.07. The zero-order valence-electron chi connectivity index (χ0n) is 9.98. The van der Waals surface area contributed by atoms with Crippen molar-refractivity contribution >= 4 is 22.4 Å². The molecule has 0 saturated carbocycles. The van der Waals surface area contributed by atoms with Crippen LogP contribution in [0, 0.1) is 5.82 Å². The summed E-state index contributed by atoms with van der Waals surface area (Å²) in [5.74, 6) is -0.518. The number of carbonyl (C=O) groups excluding carboxylic acids is 1. The second-order valence-corrected chi connectivity index (χ2v) is 4.34. The minimum atomic E-state index is -0.363. The third-order valence-electron chi connectivity index (χ3n) is 3.06. The Morgan fingerprint density at radius 2 is 1.84 bits per heavy atom. The van der Waals surface area contributed by atoms with Crippen LogP contribution < -0.4 is 5.73 Å². The van der Waals surface area contributed by atoms with Gasteiger partial charge in [-0.05, 0) is 42.5 Å². The molecule has 0 aliphatic carbocycles. The first-order valence-electron chi connectivity index (χ1n) is 5.82. The highest BCUT2D eigenvalue weighted by atomic mass is 19.1. The van der Waals surface area contributed by atoms with Crippen LogP contribution in [0.2, 0.25) is 0 Å². The summed E-state index contributed by atoms with van der Waals surface area (Å²) in [7, 11) is 0. The minimum Gasteiger partial charge on any atom is -0.399 e. The Balaban J connectivity index is 2.11. The predicted octanol–water partition coefficient (Wildman–Crippen LogP) is 3.12. The SMILES string of the molecule is Nc1ccc(C(=O)c2c[nH]c3ccc(F)cc23)cc1. The molecule has 3 rings (SSSR count). The molecule has 2 aromatic carbocycles. The number of aromatic nitrogens is 1. The quantitative estimate of drug-likeness (QED) is 0.545. The van der Waals surface area contributed by atoms with Crippen LogP contribution in [0.4, 0.5) is 10.1 Å². The zero-order chi connectivity index (χ0) is 13.4. The van der Waals surface area contributed by atoms with E-state index in [1.165, 1.54) is 12.1 Å². The fourth-order valence-electron chi connectivity index (χ4n) is 2.07. The van der Waals surface area contributed by atoms with E-state index >= 15 is 0 Å². The average molecular weight is 254 g/mol. The lowest BCUT2D eigenvalue weighted by Crippen LogP contribution is -2.00. The van der Waals surface area contributed by atoms with Gasteiger partial charge in [0.1, 0.15) is 5.82 Å². The van der Waals surface area contributed by atoms with Gasteiger partial charge in [0.25, 0.3) is 0 Å². The van der Waals surface area contributed by atoms with Crippen molar-refractivity contribution < 1.29 is 9.18 Å². The van der Waals surface area contributed by atoms with Gasteiger partial charge in [-0.25, -0.2) is 4.39 Å². The molecule has 3 nitrogen and oxygen atoms in total. The van der Waals surface area contributed by atoms with Gasteiger partial charge in [-0.3, -0.25) is 4.79 Å². The summed E-state index contributed by atoms with van der Waals surface area (Å²) in [5, 5.41) is 0.585. The van der Waals surface area contributed by atoms with Crippen molar-refractivity contribution in [2.45, 2.75) is 0 Å². The third-order valence-corrected chi connectivity index (χ3v) is 3.06. The molecule has 3 aromatic rings. The molecule has 0 radical (unpaired) electrons. The Hall–Kier alpha value is -2.62. The summed E-state index contributed by atoms with van der Waals surface area (Å²) in [6.07, 6.45) is 1.60. The minimum absolute atomic E-state index is 0.156. The van der Waals surface area contributed by atoms with E-state index in [0.717, 1.165) is 5.52 Å². The Morgan fingerprint density at radius 1 is 1.11 bits per heavy atom. The molecule has 94 valence electrons. The number of halogens is 1. The molecule has 0 spiro atoms. The number of aromatic amines is 1. The van der Waals surface area contributed by atoms with Crippen LogP contribution in [-0.2, 0) is 0 Å². The number of hydrogen-bond acceptors (Lipinski definition) is 2. The summed E-state index contributed by atoms with van der Waals surface area (Å²) < 4.78 is 13.3. The van der Waals surface area contributed by atoms with Crippen LogP contribution in [0.25, 0.3) is 10.9 Å². The van der Waals surface area contributed by atoms with Crippen LogP contribution in [0.5, 0.6) is 0 Å². The Kier molecular flexibility index (Phi) is 2.56. The van der Waals surface area contributed by atoms with E-state index in [2.05, 4.69) is 4.98 Å². The first kappa shape index (κ1) is 11.5. The van der Waals surface area contributed by atoms with Gasteiger partial charge in [0, 0.05) is 33.9 Å². The molecular weight excluding hydrogens is 243 g/mol. The molecule has 19 heavy (non-hydrogen) atoms. The van der Waals surface area contributed by atoms with Gasteiger partial charge >= 0.3 is 0 Å². The highest BCUT2D eigenvalue weighted by molar-refractivity contribution is 6.16. The molecule has 0 saturated heterocycles. The molecule has 0 amide bonds. The number of nitrogen functional groups attached to an aromatic ring is 1. The number of nitrogens with two attached hydrogens (primary N) is 1. The number of benzene rings is 2. The van der Waals surface area contributed by atoms with E-state index < -0.39 is 0 Å². The van der Waals surface area contributed by atoms with E-state index in [0.29, 0.717) is 22.2 Å². The van der Waals surface area contributed by atoms with Gasteiger partial charge in [0.2, 0.25) is 0 Å². The molecule has 0 aliphatic heterocycles. The standard InChI is InChI=1S/C15H11FN2O/c16-10-3-6-14-12(7-10)13(8-18-14)15(19)9-1-4-11(17)5-2-9/h1-8,18H,17H2. The summed E-state index contributed by atoms with van der Waals surface area (Å²) in [6.45, 7) is 0. The van der Waals surface area contributed by atoms with E-state index in [-0.39, 0.29) is 11.6 Å². The second-order valence-electron chi connectivity index (χ2n) is 4.34. The molecule has 0 bridgehead atoms. The van der Waals surface area contributed by atoms with Crippen molar-refractivity contribution in [3.63, 3.8) is 0 Å². The van der Waals surface area contributed by atoms with Crippen molar-refractivity contribution in [1.82, 2.24) is 4.98 Å². The molecule has 0 fully saturated rings. The molecule has 3 N–H and O–H groups in total. The summed E-state index contributed by atoms with van der Waals surface area (Å²) >= 11 is 0. The van der Waals surface area contributed by atoms with Crippen LogP contribution in [-0.4, -0.2) is 10.8 Å². The number of anilines is 1. The van der Waals surface area contributed by atoms with Crippen molar-refractivity contribution in [3.05, 3.63) is 65.6 Å². The molecule has 1 heterocycles. The van der Waals surface area contributed by atoms with Gasteiger partial charge in [-0.1, -0.05) is 0 Å². The third kappa shape index (κ3) is 1.97. The first-order chi connectivity index (χ1) is 9.15. The lowest BCUT2D eigenvalue weighted by molar-refractivity contribution is 0.104. The van der Waals surface area contributed by atoms with Crippen LogP contribution in [0.15, 0.2) is 48.7 Å². The van der Waals surface area contributed by atoms with Gasteiger partial charge in [-0.15, -0.1) is 0 Å². The number of carbonyl (C=O) groups is 1. The van der Waals surface area contributed by atoms with Crippen molar-refractivity contribution in [2.75, 3.05) is 5.73 Å². The Morgan fingerprint density at radius 3 is 2.58 bits per heavy atom. The number of rotatable bonds is 2. The predicted molar refractivity (Wildman–Crippen MR) is 72.5 cm³/mol. The molecule has 4 heteroatoms. The second kappa shape index (κ2) is 4.24. The van der Waals surface area contributed by atoms with Crippen molar-refractivity contribution in [3.8, 4) is 0 Å². The highest BCUT2D eigenvalue weighted by Crippen LogP contribution is 2.22. The molecule has 1 aromatic heterocycles. The Labute approximate surface area is 108 Å². The van der Waals surface area contributed by atoms with Crippen molar-refractivity contribution in [2.24, 2.45) is 0 Å². The summed E-state index contributed by atoms with van der Waals surface area (Å²) in [4.78, 5) is 15.3. The number of fused-ring (bicyclic) bond motifs is 1. The van der Waals surface area contributed by atoms with Gasteiger partial charge < -0.3 is 10.7 Å². The van der Waals surface area contributed by atoms with Crippen molar-refractivity contribution in [1.29, 1.82) is 0 Å². The van der Waals surface area contributed by atoms with Gasteiger partial charge in [0.15, 0.2) is 5.78 Å². The maximum atomic E-state index is 13.3. The van der Waals surface area contributed by atoms with Crippen LogP contribution in [0.1, 0.15) is 15.9 Å².